The Morgan fingerprint density at radius 1 is 1.29 bits per heavy atom. The van der Waals surface area contributed by atoms with E-state index in [1.54, 1.807) is 12.1 Å². The lowest BCUT2D eigenvalue weighted by atomic mass is 10.2. The lowest BCUT2D eigenvalue weighted by molar-refractivity contribution is -0.385. The first kappa shape index (κ1) is 17.6. The molecule has 24 heavy (non-hydrogen) atoms. The number of hydrogen-bond donors (Lipinski definition) is 2. The first-order valence-corrected chi connectivity index (χ1v) is 7.81. The smallest absolute Gasteiger partial charge is 0.284 e. The zero-order valence-corrected chi connectivity index (χ0v) is 14.4. The Labute approximate surface area is 147 Å². The summed E-state index contributed by atoms with van der Waals surface area (Å²) >= 11 is 3.11. The topological polar surface area (TPSA) is 96.6 Å². The lowest BCUT2D eigenvalue weighted by Gasteiger charge is -2.05. The predicted molar refractivity (Wildman–Crippen MR) is 96.2 cm³/mol. The van der Waals surface area contributed by atoms with Crippen LogP contribution in [0.2, 0.25) is 0 Å². The maximum Gasteiger partial charge on any atom is 0.284 e. The third-order valence-corrected chi connectivity index (χ3v) is 3.74. The molecule has 0 aliphatic rings. The molecule has 0 unspecified atom stereocenters. The van der Waals surface area contributed by atoms with Crippen molar-refractivity contribution in [2.75, 3.05) is 11.9 Å². The van der Waals surface area contributed by atoms with Gasteiger partial charge in [0.25, 0.3) is 11.6 Å². The molecule has 2 N–H and O–H groups in total. The Kier molecular flexibility index (Phi) is 6.02. The van der Waals surface area contributed by atoms with Gasteiger partial charge < -0.3 is 5.32 Å². The van der Waals surface area contributed by atoms with Crippen LogP contribution in [0, 0.1) is 17.0 Å². The Bertz CT molecular complexity index is 775. The minimum absolute atomic E-state index is 0.0636. The molecule has 0 atom stereocenters. The summed E-state index contributed by atoms with van der Waals surface area (Å²) in [6.45, 7) is 2.05. The largest absolute Gasteiger partial charge is 0.376 e. The molecule has 124 valence electrons. The van der Waals surface area contributed by atoms with E-state index in [1.807, 2.05) is 31.2 Å². The summed E-state index contributed by atoms with van der Waals surface area (Å²) in [5.74, 6) is -0.321. The van der Waals surface area contributed by atoms with Crippen molar-refractivity contribution in [1.82, 2.24) is 5.43 Å². The number of aryl methyl sites for hydroxylation is 1. The highest BCUT2D eigenvalue weighted by atomic mass is 79.9. The first-order valence-electron chi connectivity index (χ1n) is 7.02. The number of amides is 1. The molecule has 8 heteroatoms. The Morgan fingerprint density at radius 2 is 2.00 bits per heavy atom. The van der Waals surface area contributed by atoms with Crippen molar-refractivity contribution >= 4 is 39.4 Å². The van der Waals surface area contributed by atoms with Gasteiger partial charge in [0.15, 0.2) is 0 Å². The second kappa shape index (κ2) is 8.21. The molecule has 0 radical (unpaired) electrons. The van der Waals surface area contributed by atoms with Gasteiger partial charge in [-0.05, 0) is 41.1 Å². The molecule has 0 aliphatic heterocycles. The van der Waals surface area contributed by atoms with E-state index in [0.717, 1.165) is 11.3 Å². The van der Waals surface area contributed by atoms with Crippen molar-refractivity contribution in [3.05, 3.63) is 68.2 Å². The summed E-state index contributed by atoms with van der Waals surface area (Å²) < 4.78 is 0.385. The van der Waals surface area contributed by atoms with Crippen LogP contribution < -0.4 is 10.7 Å². The molecule has 0 heterocycles. The number of nitro groups is 1. The fraction of sp³-hybridized carbons (Fsp3) is 0.125. The number of rotatable bonds is 6. The van der Waals surface area contributed by atoms with E-state index in [0.29, 0.717) is 10.0 Å². The van der Waals surface area contributed by atoms with Gasteiger partial charge in [0, 0.05) is 17.3 Å². The number of anilines is 1. The number of halogens is 1. The number of carbonyl (C=O) groups excluding carboxylic acids is 1. The average molecular weight is 391 g/mol. The van der Waals surface area contributed by atoms with Crippen LogP contribution >= 0.6 is 15.9 Å². The number of nitrogens with one attached hydrogen (secondary N) is 2. The van der Waals surface area contributed by atoms with Gasteiger partial charge in [-0.15, -0.1) is 0 Å². The zero-order valence-electron chi connectivity index (χ0n) is 12.8. The third kappa shape index (κ3) is 5.17. The van der Waals surface area contributed by atoms with Crippen LogP contribution in [-0.2, 0) is 4.79 Å². The molecule has 0 fully saturated rings. The summed E-state index contributed by atoms with van der Waals surface area (Å²) in [7, 11) is 0. The van der Waals surface area contributed by atoms with E-state index < -0.39 is 4.92 Å². The molecular weight excluding hydrogens is 376 g/mol. The SMILES string of the molecule is Cc1ccc(NCC(=O)NN=Cc2ccc(Br)c([N+](=O)[O-])c2)cc1. The number of nitrogens with zero attached hydrogens (tertiary/aromatic N) is 2. The Balaban J connectivity index is 1.87. The second-order valence-corrected chi connectivity index (χ2v) is 5.84. The quantitative estimate of drug-likeness (QED) is 0.449. The number of carbonyl (C=O) groups is 1. The van der Waals surface area contributed by atoms with Crippen LogP contribution in [0.5, 0.6) is 0 Å². The fourth-order valence-corrected chi connectivity index (χ4v) is 2.21. The average Bonchev–Trinajstić information content (AvgIpc) is 2.55. The third-order valence-electron chi connectivity index (χ3n) is 3.07. The van der Waals surface area contributed by atoms with Crippen molar-refractivity contribution < 1.29 is 9.72 Å². The number of hydrogen-bond acceptors (Lipinski definition) is 5. The van der Waals surface area contributed by atoms with Crippen LogP contribution in [0.4, 0.5) is 11.4 Å². The Hall–Kier alpha value is -2.74. The fourth-order valence-electron chi connectivity index (χ4n) is 1.82. The van der Waals surface area contributed by atoms with Gasteiger partial charge in [0.2, 0.25) is 0 Å². The summed E-state index contributed by atoms with van der Waals surface area (Å²) in [5, 5.41) is 17.6. The van der Waals surface area contributed by atoms with Crippen molar-refractivity contribution in [3.8, 4) is 0 Å². The van der Waals surface area contributed by atoms with Gasteiger partial charge in [0.05, 0.1) is 22.2 Å². The summed E-state index contributed by atoms with van der Waals surface area (Å²) in [6, 6.07) is 12.2. The second-order valence-electron chi connectivity index (χ2n) is 4.98. The van der Waals surface area contributed by atoms with E-state index in [9.17, 15) is 14.9 Å². The molecule has 2 aromatic carbocycles. The molecule has 0 aliphatic carbocycles. The van der Waals surface area contributed by atoms with Crippen molar-refractivity contribution in [3.63, 3.8) is 0 Å². The predicted octanol–water partition coefficient (Wildman–Crippen LogP) is 3.23. The zero-order chi connectivity index (χ0) is 17.5. The Morgan fingerprint density at radius 3 is 2.67 bits per heavy atom. The highest BCUT2D eigenvalue weighted by Gasteiger charge is 2.11. The van der Waals surface area contributed by atoms with Crippen LogP contribution in [0.15, 0.2) is 52.0 Å². The molecule has 1 amide bonds. The van der Waals surface area contributed by atoms with Crippen LogP contribution in [-0.4, -0.2) is 23.6 Å². The van der Waals surface area contributed by atoms with Crippen LogP contribution in [0.3, 0.4) is 0 Å². The minimum Gasteiger partial charge on any atom is -0.376 e. The van der Waals surface area contributed by atoms with Gasteiger partial charge in [-0.1, -0.05) is 23.8 Å². The molecule has 0 saturated carbocycles. The molecular formula is C16H15BrN4O3. The summed E-state index contributed by atoms with van der Waals surface area (Å²) in [4.78, 5) is 22.1. The van der Waals surface area contributed by atoms with Gasteiger partial charge in [-0.25, -0.2) is 5.43 Å². The number of hydrazone groups is 1. The van der Waals surface area contributed by atoms with Gasteiger partial charge in [0.1, 0.15) is 0 Å². The van der Waals surface area contributed by atoms with Gasteiger partial charge in [-0.2, -0.15) is 5.10 Å². The first-order chi connectivity index (χ1) is 11.5. The van der Waals surface area contributed by atoms with E-state index in [4.69, 9.17) is 0 Å². The molecule has 2 rings (SSSR count). The summed E-state index contributed by atoms with van der Waals surface area (Å²) in [5.41, 5.74) is 4.78. The van der Waals surface area contributed by atoms with Gasteiger partial charge >= 0.3 is 0 Å². The van der Waals surface area contributed by atoms with E-state index in [2.05, 4.69) is 31.8 Å². The van der Waals surface area contributed by atoms with Crippen molar-refractivity contribution in [1.29, 1.82) is 0 Å². The summed E-state index contributed by atoms with van der Waals surface area (Å²) in [6.07, 6.45) is 1.35. The maximum absolute atomic E-state index is 11.7. The van der Waals surface area contributed by atoms with Crippen molar-refractivity contribution in [2.24, 2.45) is 5.10 Å². The van der Waals surface area contributed by atoms with Crippen LogP contribution in [0.25, 0.3) is 0 Å². The van der Waals surface area contributed by atoms with Crippen molar-refractivity contribution in [2.45, 2.75) is 6.92 Å². The van der Waals surface area contributed by atoms with E-state index in [-0.39, 0.29) is 18.1 Å². The van der Waals surface area contributed by atoms with Gasteiger partial charge in [-0.3, -0.25) is 14.9 Å². The molecule has 0 aromatic heterocycles. The molecule has 0 bridgehead atoms. The lowest BCUT2D eigenvalue weighted by Crippen LogP contribution is -2.25. The molecule has 2 aromatic rings. The molecule has 0 spiro atoms. The highest BCUT2D eigenvalue weighted by molar-refractivity contribution is 9.10. The molecule has 0 saturated heterocycles. The number of nitro benzene ring substituents is 1. The minimum atomic E-state index is -0.495. The van der Waals surface area contributed by atoms with E-state index in [1.165, 1.54) is 12.3 Å². The standard InChI is InChI=1S/C16H15BrN4O3/c1-11-2-5-13(6-3-11)18-10-16(22)20-19-9-12-4-7-14(17)15(8-12)21(23)24/h2-9,18H,10H2,1H3,(H,20,22). The highest BCUT2D eigenvalue weighted by Crippen LogP contribution is 2.24. The monoisotopic (exact) mass is 390 g/mol. The normalized spacial score (nSPS) is 10.6. The van der Waals surface area contributed by atoms with E-state index >= 15 is 0 Å². The number of benzene rings is 2. The maximum atomic E-state index is 11.7. The molecule has 7 nitrogen and oxygen atoms in total. The van der Waals surface area contributed by atoms with Crippen LogP contribution in [0.1, 0.15) is 11.1 Å².